The normalized spacial score (nSPS) is 11.2. The average molecular weight is 607 g/mol. The molecule has 11 heteroatoms. The fraction of sp³-hybridized carbons (Fsp3) is 0.154. The molecule has 194 valence electrons. The highest BCUT2D eigenvalue weighted by molar-refractivity contribution is 9.10. The molecule has 37 heavy (non-hydrogen) atoms. The van der Waals surface area contributed by atoms with Crippen LogP contribution in [-0.4, -0.2) is 40.8 Å². The Bertz CT molecular complexity index is 1410. The zero-order valence-electron chi connectivity index (χ0n) is 20.1. The number of halogens is 2. The van der Waals surface area contributed by atoms with E-state index < -0.39 is 22.5 Å². The van der Waals surface area contributed by atoms with Gasteiger partial charge in [0.05, 0.1) is 28.4 Å². The van der Waals surface area contributed by atoms with Gasteiger partial charge in [-0.3, -0.25) is 9.10 Å². The summed E-state index contributed by atoms with van der Waals surface area (Å²) < 4.78 is 39.4. The van der Waals surface area contributed by atoms with Gasteiger partial charge in [-0.1, -0.05) is 48.0 Å². The van der Waals surface area contributed by atoms with Crippen molar-refractivity contribution in [2.24, 2.45) is 5.10 Å². The van der Waals surface area contributed by atoms with Crippen LogP contribution in [0.25, 0.3) is 0 Å². The van der Waals surface area contributed by atoms with E-state index in [1.165, 1.54) is 31.5 Å². The summed E-state index contributed by atoms with van der Waals surface area (Å²) in [5, 5.41) is 4.31. The van der Waals surface area contributed by atoms with E-state index in [4.69, 9.17) is 21.1 Å². The maximum atomic E-state index is 13.4. The number of aryl methyl sites for hydroxylation is 1. The predicted molar refractivity (Wildman–Crippen MR) is 149 cm³/mol. The Hall–Kier alpha value is -3.34. The molecule has 0 heterocycles. The minimum Gasteiger partial charge on any atom is -0.493 e. The summed E-state index contributed by atoms with van der Waals surface area (Å²) >= 11 is 9.53. The fourth-order valence-electron chi connectivity index (χ4n) is 3.23. The van der Waals surface area contributed by atoms with Gasteiger partial charge in [-0.25, -0.2) is 13.8 Å². The van der Waals surface area contributed by atoms with Crippen molar-refractivity contribution in [2.75, 3.05) is 24.6 Å². The molecule has 1 N–H and O–H groups in total. The van der Waals surface area contributed by atoms with Crippen LogP contribution in [0.1, 0.15) is 11.1 Å². The topological polar surface area (TPSA) is 97.3 Å². The fourth-order valence-corrected chi connectivity index (χ4v) is 5.40. The second kappa shape index (κ2) is 12.8. The highest BCUT2D eigenvalue weighted by atomic mass is 79.9. The van der Waals surface area contributed by atoms with Crippen LogP contribution in [0.4, 0.5) is 5.69 Å². The third kappa shape index (κ3) is 7.34. The van der Waals surface area contributed by atoms with Crippen LogP contribution in [0.2, 0.25) is 5.02 Å². The largest absolute Gasteiger partial charge is 0.493 e. The molecule has 8 nitrogen and oxygen atoms in total. The van der Waals surface area contributed by atoms with E-state index >= 15 is 0 Å². The van der Waals surface area contributed by atoms with E-state index in [1.807, 2.05) is 6.92 Å². The van der Waals surface area contributed by atoms with Crippen LogP contribution in [0, 0.1) is 6.92 Å². The summed E-state index contributed by atoms with van der Waals surface area (Å²) in [5.74, 6) is 0.311. The van der Waals surface area contributed by atoms with Crippen LogP contribution in [0.5, 0.6) is 11.5 Å². The SMILES string of the molecule is C=CCOc1c(Br)cc(/C=N\NC(=O)CN(c2cccc(Cl)c2)S(=O)(=O)c2ccc(C)cc2)cc1OC. The lowest BCUT2D eigenvalue weighted by Crippen LogP contribution is -2.39. The number of rotatable bonds is 11. The van der Waals surface area contributed by atoms with E-state index in [1.54, 1.807) is 48.5 Å². The van der Waals surface area contributed by atoms with Crippen molar-refractivity contribution >= 4 is 55.4 Å². The lowest BCUT2D eigenvalue weighted by molar-refractivity contribution is -0.119. The molecule has 0 aliphatic carbocycles. The van der Waals surface area contributed by atoms with E-state index in [2.05, 4.69) is 33.0 Å². The summed E-state index contributed by atoms with van der Waals surface area (Å²) in [6, 6.07) is 16.0. The lowest BCUT2D eigenvalue weighted by atomic mass is 10.2. The number of anilines is 1. The second-order valence-corrected chi connectivity index (χ2v) is 10.9. The monoisotopic (exact) mass is 605 g/mol. The molecule has 0 aliphatic rings. The molecular formula is C26H25BrClN3O5S. The van der Waals surface area contributed by atoms with Gasteiger partial charge in [0.25, 0.3) is 15.9 Å². The molecule has 0 radical (unpaired) electrons. The maximum absolute atomic E-state index is 13.4. The Labute approximate surface area is 229 Å². The smallest absolute Gasteiger partial charge is 0.264 e. The summed E-state index contributed by atoms with van der Waals surface area (Å²) in [6.07, 6.45) is 3.02. The highest BCUT2D eigenvalue weighted by Crippen LogP contribution is 2.36. The molecule has 0 aliphatic heterocycles. The van der Waals surface area contributed by atoms with E-state index in [0.29, 0.717) is 33.2 Å². The number of benzene rings is 3. The third-order valence-corrected chi connectivity index (χ3v) is 7.60. The van der Waals surface area contributed by atoms with Crippen molar-refractivity contribution in [3.63, 3.8) is 0 Å². The van der Waals surface area contributed by atoms with Gasteiger partial charge >= 0.3 is 0 Å². The lowest BCUT2D eigenvalue weighted by Gasteiger charge is -2.24. The van der Waals surface area contributed by atoms with Gasteiger partial charge in [-0.05, 0) is 70.9 Å². The molecule has 1 amide bonds. The van der Waals surface area contributed by atoms with Gasteiger partial charge < -0.3 is 9.47 Å². The first-order valence-corrected chi connectivity index (χ1v) is 13.5. The first-order chi connectivity index (χ1) is 17.6. The van der Waals surface area contributed by atoms with Crippen LogP contribution in [0.3, 0.4) is 0 Å². The summed E-state index contributed by atoms with van der Waals surface area (Å²) in [5.41, 5.74) is 4.13. The van der Waals surface area contributed by atoms with Gasteiger partial charge in [0, 0.05) is 5.02 Å². The van der Waals surface area contributed by atoms with Gasteiger partial charge in [0.1, 0.15) is 13.2 Å². The van der Waals surface area contributed by atoms with Crippen LogP contribution in [0.15, 0.2) is 87.8 Å². The molecule has 3 aromatic rings. The Morgan fingerprint density at radius 2 is 1.92 bits per heavy atom. The molecule has 0 fully saturated rings. The molecule has 0 saturated heterocycles. The minimum atomic E-state index is -4.07. The molecule has 3 aromatic carbocycles. The Kier molecular flexibility index (Phi) is 9.73. The minimum absolute atomic E-state index is 0.0464. The van der Waals surface area contributed by atoms with Crippen molar-refractivity contribution in [3.8, 4) is 11.5 Å². The van der Waals surface area contributed by atoms with Crippen molar-refractivity contribution < 1.29 is 22.7 Å². The van der Waals surface area contributed by atoms with Crippen molar-refractivity contribution in [1.82, 2.24) is 5.43 Å². The van der Waals surface area contributed by atoms with Gasteiger partial charge in [-0.15, -0.1) is 0 Å². The van der Waals surface area contributed by atoms with Crippen LogP contribution >= 0.6 is 27.5 Å². The maximum Gasteiger partial charge on any atom is 0.264 e. The van der Waals surface area contributed by atoms with E-state index in [0.717, 1.165) is 9.87 Å². The summed E-state index contributed by atoms with van der Waals surface area (Å²) in [4.78, 5) is 12.8. The molecule has 0 atom stereocenters. The number of amides is 1. The first kappa shape index (κ1) is 28.2. The number of hydrogen-bond acceptors (Lipinski definition) is 6. The number of ether oxygens (including phenoxy) is 2. The third-order valence-electron chi connectivity index (χ3n) is 4.99. The first-order valence-electron chi connectivity index (χ1n) is 10.9. The zero-order valence-corrected chi connectivity index (χ0v) is 23.3. The standard InChI is InChI=1S/C26H25BrClN3O5S/c1-4-12-36-26-23(27)13-19(14-24(26)35-3)16-29-30-25(32)17-31(21-7-5-6-20(28)15-21)37(33,34)22-10-8-18(2)9-11-22/h4-11,13-16H,1,12,17H2,2-3H3,(H,30,32)/b29-16-. The Morgan fingerprint density at radius 3 is 2.57 bits per heavy atom. The number of carbonyl (C=O) groups is 1. The molecule has 3 rings (SSSR count). The van der Waals surface area contributed by atoms with E-state index in [9.17, 15) is 13.2 Å². The number of hydrogen-bond donors (Lipinski definition) is 1. The second-order valence-electron chi connectivity index (χ2n) is 7.73. The molecule has 0 unspecified atom stereocenters. The Morgan fingerprint density at radius 1 is 1.19 bits per heavy atom. The van der Waals surface area contributed by atoms with Crippen molar-refractivity contribution in [2.45, 2.75) is 11.8 Å². The number of methoxy groups -OCH3 is 1. The average Bonchev–Trinajstić information content (AvgIpc) is 2.86. The van der Waals surface area contributed by atoms with Crippen LogP contribution < -0.4 is 19.2 Å². The number of hydrazone groups is 1. The molecule has 0 bridgehead atoms. The van der Waals surface area contributed by atoms with Crippen LogP contribution in [-0.2, 0) is 14.8 Å². The number of nitrogens with zero attached hydrogens (tertiary/aromatic N) is 2. The number of carbonyl (C=O) groups excluding carboxylic acids is 1. The van der Waals surface area contributed by atoms with Crippen molar-refractivity contribution in [3.05, 3.63) is 93.9 Å². The molecule has 0 spiro atoms. The van der Waals surface area contributed by atoms with Gasteiger partial charge in [0.2, 0.25) is 0 Å². The number of nitrogens with one attached hydrogen (secondary N) is 1. The van der Waals surface area contributed by atoms with E-state index in [-0.39, 0.29) is 10.6 Å². The molecule has 0 saturated carbocycles. The van der Waals surface area contributed by atoms with Gasteiger partial charge in [0.15, 0.2) is 11.5 Å². The Balaban J connectivity index is 1.81. The zero-order chi connectivity index (χ0) is 27.0. The molecular weight excluding hydrogens is 582 g/mol. The quantitative estimate of drug-likeness (QED) is 0.181. The molecule has 0 aromatic heterocycles. The summed E-state index contributed by atoms with van der Waals surface area (Å²) in [7, 11) is -2.56. The van der Waals surface area contributed by atoms with Gasteiger partial charge in [-0.2, -0.15) is 5.10 Å². The highest BCUT2D eigenvalue weighted by Gasteiger charge is 2.27. The summed E-state index contributed by atoms with van der Waals surface area (Å²) in [6.45, 7) is 5.26. The predicted octanol–water partition coefficient (Wildman–Crippen LogP) is 5.33. The number of sulfonamides is 1. The van der Waals surface area contributed by atoms with Crippen molar-refractivity contribution in [1.29, 1.82) is 0 Å².